The fourth-order valence-corrected chi connectivity index (χ4v) is 3.44. The van der Waals surface area contributed by atoms with Crippen LogP contribution in [-0.4, -0.2) is 7.11 Å². The maximum atomic E-state index is 5.34. The highest BCUT2D eigenvalue weighted by atomic mass is 127. The van der Waals surface area contributed by atoms with Gasteiger partial charge in [0.2, 0.25) is 0 Å². The predicted octanol–water partition coefficient (Wildman–Crippen LogP) is 6.03. The topological polar surface area (TPSA) is 9.23 Å². The third kappa shape index (κ3) is 4.45. The zero-order valence-corrected chi connectivity index (χ0v) is 16.5. The molecule has 0 saturated carbocycles. The first-order valence-corrected chi connectivity index (χ1v) is 9.10. The molecular weight excluding hydrogens is 486 g/mol. The molecule has 0 fully saturated rings. The molecule has 2 aromatic carbocycles. The van der Waals surface area contributed by atoms with Crippen LogP contribution in [-0.2, 0) is 6.42 Å². The van der Waals surface area contributed by atoms with Crippen molar-refractivity contribution in [1.29, 1.82) is 0 Å². The van der Waals surface area contributed by atoms with Gasteiger partial charge in [-0.25, -0.2) is 0 Å². The number of methoxy groups -OCH3 is 1. The molecule has 0 unspecified atom stereocenters. The van der Waals surface area contributed by atoms with Gasteiger partial charge in [0.05, 0.1) is 10.7 Å². The average molecular weight is 504 g/mol. The van der Waals surface area contributed by atoms with Crippen LogP contribution in [0.25, 0.3) is 12.2 Å². The smallest absolute Gasteiger partial charge is 0.133 e. The van der Waals surface area contributed by atoms with E-state index in [1.807, 2.05) is 6.07 Å². The Kier molecular flexibility index (Phi) is 6.54. The Balaban J connectivity index is 2.19. The van der Waals surface area contributed by atoms with Gasteiger partial charge in [-0.1, -0.05) is 55.8 Å². The van der Waals surface area contributed by atoms with Crippen molar-refractivity contribution in [2.24, 2.45) is 0 Å². The van der Waals surface area contributed by atoms with Crippen molar-refractivity contribution < 1.29 is 4.74 Å². The number of halogens is 2. The Morgan fingerprint density at radius 1 is 0.952 bits per heavy atom. The summed E-state index contributed by atoms with van der Waals surface area (Å²) in [6.07, 6.45) is 6.67. The quantitative estimate of drug-likeness (QED) is 0.357. The minimum atomic E-state index is 0.932. The molecule has 0 aliphatic heterocycles. The molecule has 0 radical (unpaired) electrons. The molecule has 1 nitrogen and oxygen atoms in total. The average Bonchev–Trinajstić information content (AvgIpc) is 2.50. The van der Waals surface area contributed by atoms with Crippen LogP contribution < -0.4 is 4.74 Å². The molecule has 2 aromatic rings. The van der Waals surface area contributed by atoms with Crippen LogP contribution in [0.2, 0.25) is 0 Å². The number of ether oxygens (including phenoxy) is 1. The van der Waals surface area contributed by atoms with Gasteiger partial charge in [0.15, 0.2) is 0 Å². The summed E-state index contributed by atoms with van der Waals surface area (Å²) in [6, 6.07) is 12.9. The Morgan fingerprint density at radius 2 is 1.67 bits per heavy atom. The van der Waals surface area contributed by atoms with Gasteiger partial charge in [0.25, 0.3) is 0 Å². The third-order valence-electron chi connectivity index (χ3n) is 3.27. The molecule has 0 atom stereocenters. The summed E-state index contributed by atoms with van der Waals surface area (Å²) >= 11 is 4.71. The van der Waals surface area contributed by atoms with Crippen LogP contribution in [0.3, 0.4) is 0 Å². The van der Waals surface area contributed by atoms with E-state index in [-0.39, 0.29) is 0 Å². The van der Waals surface area contributed by atoms with Crippen molar-refractivity contribution in [3.8, 4) is 5.75 Å². The van der Waals surface area contributed by atoms with Gasteiger partial charge in [0.1, 0.15) is 5.75 Å². The second-order valence-corrected chi connectivity index (χ2v) is 6.97. The van der Waals surface area contributed by atoms with E-state index in [0.717, 1.165) is 15.7 Å². The van der Waals surface area contributed by atoms with Gasteiger partial charge in [-0.05, 0) is 74.4 Å². The molecule has 21 heavy (non-hydrogen) atoms. The number of rotatable bonds is 5. The molecule has 0 aromatic heterocycles. The predicted molar refractivity (Wildman–Crippen MR) is 108 cm³/mol. The number of benzene rings is 2. The highest BCUT2D eigenvalue weighted by Crippen LogP contribution is 2.29. The summed E-state index contributed by atoms with van der Waals surface area (Å²) in [5.74, 6) is 0.932. The van der Waals surface area contributed by atoms with Crippen molar-refractivity contribution in [2.75, 3.05) is 7.11 Å². The number of aryl methyl sites for hydroxylation is 1. The molecule has 0 aliphatic rings. The Morgan fingerprint density at radius 3 is 2.29 bits per heavy atom. The zero-order chi connectivity index (χ0) is 15.2. The second kappa shape index (κ2) is 8.17. The first-order chi connectivity index (χ1) is 10.2. The van der Waals surface area contributed by atoms with Crippen LogP contribution in [0, 0.1) is 7.14 Å². The van der Waals surface area contributed by atoms with E-state index in [0.29, 0.717) is 0 Å². The van der Waals surface area contributed by atoms with Crippen molar-refractivity contribution in [3.05, 3.63) is 60.2 Å². The first-order valence-electron chi connectivity index (χ1n) is 6.94. The molecule has 3 heteroatoms. The molecule has 0 amide bonds. The molecule has 0 saturated heterocycles. The summed E-state index contributed by atoms with van der Waals surface area (Å²) in [5.41, 5.74) is 3.86. The molecule has 0 heterocycles. The van der Waals surface area contributed by atoms with E-state index < -0.39 is 0 Å². The highest BCUT2D eigenvalue weighted by Gasteiger charge is 2.07. The second-order valence-electron chi connectivity index (χ2n) is 4.81. The summed E-state index contributed by atoms with van der Waals surface area (Å²) in [7, 11) is 1.71. The van der Waals surface area contributed by atoms with E-state index >= 15 is 0 Å². The fraction of sp³-hybridized carbons (Fsp3) is 0.222. The SMILES string of the molecule is CCCc1ccc(C=Cc2ccc(OC)c(I)c2I)cc1. The van der Waals surface area contributed by atoms with Gasteiger partial charge in [-0.2, -0.15) is 0 Å². The van der Waals surface area contributed by atoms with Crippen LogP contribution in [0.1, 0.15) is 30.0 Å². The Labute approximate surface area is 154 Å². The normalized spacial score (nSPS) is 11.0. The summed E-state index contributed by atoms with van der Waals surface area (Å²) < 4.78 is 7.73. The van der Waals surface area contributed by atoms with Crippen LogP contribution in [0.5, 0.6) is 5.75 Å². The van der Waals surface area contributed by atoms with Gasteiger partial charge >= 0.3 is 0 Å². The molecule has 0 spiro atoms. The van der Waals surface area contributed by atoms with Gasteiger partial charge in [0, 0.05) is 3.57 Å². The minimum absolute atomic E-state index is 0.932. The highest BCUT2D eigenvalue weighted by molar-refractivity contribution is 14.1. The molecule has 2 rings (SSSR count). The lowest BCUT2D eigenvalue weighted by Crippen LogP contribution is -1.92. The van der Waals surface area contributed by atoms with Crippen molar-refractivity contribution in [1.82, 2.24) is 0 Å². The van der Waals surface area contributed by atoms with E-state index in [9.17, 15) is 0 Å². The van der Waals surface area contributed by atoms with Crippen molar-refractivity contribution >= 4 is 57.3 Å². The summed E-state index contributed by atoms with van der Waals surface area (Å²) in [6.45, 7) is 2.21. The van der Waals surface area contributed by atoms with Gasteiger partial charge in [-0.15, -0.1) is 0 Å². The van der Waals surface area contributed by atoms with E-state index in [2.05, 4.69) is 94.6 Å². The number of hydrogen-bond acceptors (Lipinski definition) is 1. The largest absolute Gasteiger partial charge is 0.496 e. The van der Waals surface area contributed by atoms with Gasteiger partial charge in [-0.3, -0.25) is 0 Å². The first kappa shape index (κ1) is 16.8. The third-order valence-corrected chi connectivity index (χ3v) is 6.54. The van der Waals surface area contributed by atoms with Crippen LogP contribution in [0.4, 0.5) is 0 Å². The van der Waals surface area contributed by atoms with E-state index in [1.54, 1.807) is 7.11 Å². The lowest BCUT2D eigenvalue weighted by Gasteiger charge is -2.07. The van der Waals surface area contributed by atoms with Gasteiger partial charge < -0.3 is 4.74 Å². The lowest BCUT2D eigenvalue weighted by atomic mass is 10.1. The van der Waals surface area contributed by atoms with Crippen LogP contribution in [0.15, 0.2) is 36.4 Å². The monoisotopic (exact) mass is 504 g/mol. The lowest BCUT2D eigenvalue weighted by molar-refractivity contribution is 0.411. The van der Waals surface area contributed by atoms with Crippen molar-refractivity contribution in [2.45, 2.75) is 19.8 Å². The van der Waals surface area contributed by atoms with E-state index in [1.165, 1.54) is 26.7 Å². The van der Waals surface area contributed by atoms with E-state index in [4.69, 9.17) is 4.74 Å². The standard InChI is InChI=1S/C18H18I2O/c1-3-4-13-5-7-14(8-6-13)9-10-15-11-12-16(21-2)18(20)17(15)19/h5-12H,3-4H2,1-2H3. The maximum absolute atomic E-state index is 5.34. The van der Waals surface area contributed by atoms with Crippen molar-refractivity contribution in [3.63, 3.8) is 0 Å². The Hall–Kier alpha value is -0.560. The molecular formula is C18H18I2O. The Bertz CT molecular complexity index is 630. The minimum Gasteiger partial charge on any atom is -0.496 e. The molecule has 0 bridgehead atoms. The number of hydrogen-bond donors (Lipinski definition) is 0. The summed E-state index contributed by atoms with van der Waals surface area (Å²) in [5, 5.41) is 0. The maximum Gasteiger partial charge on any atom is 0.133 e. The van der Waals surface area contributed by atoms with Crippen LogP contribution >= 0.6 is 45.2 Å². The molecule has 0 aliphatic carbocycles. The fourth-order valence-electron chi connectivity index (χ4n) is 2.10. The zero-order valence-electron chi connectivity index (χ0n) is 12.2. The molecule has 110 valence electrons. The molecule has 0 N–H and O–H groups in total. The summed E-state index contributed by atoms with van der Waals surface area (Å²) in [4.78, 5) is 0.